The molecule has 2 amide bonds. The Bertz CT molecular complexity index is 1220. The van der Waals surface area contributed by atoms with E-state index < -0.39 is 0 Å². The highest BCUT2D eigenvalue weighted by molar-refractivity contribution is 6.32. The Labute approximate surface area is 186 Å². The summed E-state index contributed by atoms with van der Waals surface area (Å²) in [7, 11) is 0. The molecule has 1 N–H and O–H groups in total. The summed E-state index contributed by atoms with van der Waals surface area (Å²) in [5.74, 6) is 0.0431. The number of amides is 2. The number of carbonyl (C=O) groups excluding carboxylic acids is 2. The summed E-state index contributed by atoms with van der Waals surface area (Å²) >= 11 is 0. The van der Waals surface area contributed by atoms with Gasteiger partial charge in [0.1, 0.15) is 5.75 Å². The zero-order valence-electron chi connectivity index (χ0n) is 17.9. The second-order valence-corrected chi connectivity index (χ2v) is 7.44. The monoisotopic (exact) mass is 425 g/mol. The Morgan fingerprint density at radius 3 is 2.53 bits per heavy atom. The van der Waals surface area contributed by atoms with Gasteiger partial charge in [0.25, 0.3) is 11.8 Å². The molecule has 0 saturated carbocycles. The molecule has 0 unspecified atom stereocenters. The molecule has 3 aromatic carbocycles. The summed E-state index contributed by atoms with van der Waals surface area (Å²) in [5.41, 5.74) is 4.28. The van der Waals surface area contributed by atoms with Crippen LogP contribution < -0.4 is 15.1 Å². The number of hydrazone groups is 1. The quantitative estimate of drug-likeness (QED) is 0.576. The van der Waals surface area contributed by atoms with E-state index in [-0.39, 0.29) is 18.4 Å². The molecule has 0 spiro atoms. The van der Waals surface area contributed by atoms with E-state index >= 15 is 0 Å². The Kier molecular flexibility index (Phi) is 6.12. The van der Waals surface area contributed by atoms with Crippen molar-refractivity contribution in [2.75, 3.05) is 16.9 Å². The zero-order chi connectivity index (χ0) is 22.5. The molecule has 1 aliphatic heterocycles. The summed E-state index contributed by atoms with van der Waals surface area (Å²) in [6.07, 6.45) is 1.75. The fraction of sp³-hybridized carbons (Fsp3) is 0.115. The summed E-state index contributed by atoms with van der Waals surface area (Å²) in [6, 6.07) is 24.1. The average molecular weight is 425 g/mol. The SMILES string of the molecule is CC1=NN(c2cccc(C)c2)C(=O)C1=Cc1ccccc1OCC(=O)Nc1ccccc1. The smallest absolute Gasteiger partial charge is 0.280 e. The van der Waals surface area contributed by atoms with E-state index in [9.17, 15) is 9.59 Å². The molecule has 1 heterocycles. The third-order valence-electron chi connectivity index (χ3n) is 4.94. The second-order valence-electron chi connectivity index (χ2n) is 7.44. The minimum absolute atomic E-state index is 0.147. The Morgan fingerprint density at radius 2 is 1.75 bits per heavy atom. The van der Waals surface area contributed by atoms with Crippen molar-refractivity contribution in [2.24, 2.45) is 5.10 Å². The maximum atomic E-state index is 13.1. The van der Waals surface area contributed by atoms with Crippen LogP contribution in [0.15, 0.2) is 89.5 Å². The number of aryl methyl sites for hydroxylation is 1. The van der Waals surface area contributed by atoms with Crippen LogP contribution in [-0.4, -0.2) is 24.1 Å². The van der Waals surface area contributed by atoms with E-state index in [2.05, 4.69) is 10.4 Å². The van der Waals surface area contributed by atoms with E-state index in [1.54, 1.807) is 19.1 Å². The molecule has 4 rings (SSSR count). The Balaban J connectivity index is 1.50. The van der Waals surface area contributed by atoms with Gasteiger partial charge in [-0.05, 0) is 55.8 Å². The van der Waals surface area contributed by atoms with E-state index in [4.69, 9.17) is 4.74 Å². The van der Waals surface area contributed by atoms with Gasteiger partial charge in [-0.3, -0.25) is 9.59 Å². The molecular formula is C26H23N3O3. The number of nitrogens with zero attached hydrogens (tertiary/aromatic N) is 2. The molecule has 0 atom stereocenters. The van der Waals surface area contributed by atoms with Gasteiger partial charge in [0.05, 0.1) is 17.0 Å². The number of para-hydroxylation sites is 2. The lowest BCUT2D eigenvalue weighted by molar-refractivity contribution is -0.118. The van der Waals surface area contributed by atoms with Crippen LogP contribution in [-0.2, 0) is 9.59 Å². The first-order valence-corrected chi connectivity index (χ1v) is 10.3. The van der Waals surface area contributed by atoms with Crippen molar-refractivity contribution in [3.8, 4) is 5.75 Å². The summed E-state index contributed by atoms with van der Waals surface area (Å²) in [6.45, 7) is 3.63. The predicted octanol–water partition coefficient (Wildman–Crippen LogP) is 4.82. The largest absolute Gasteiger partial charge is 0.483 e. The molecule has 6 nitrogen and oxygen atoms in total. The molecule has 6 heteroatoms. The standard InChI is InChI=1S/C26H23N3O3/c1-18-9-8-13-22(15-18)29-26(31)23(19(2)28-29)16-20-10-6-7-14-24(20)32-17-25(30)27-21-11-4-3-5-12-21/h3-16H,17H2,1-2H3,(H,27,30). The van der Waals surface area contributed by atoms with E-state index in [0.29, 0.717) is 28.3 Å². The number of hydrogen-bond acceptors (Lipinski definition) is 4. The molecule has 0 aliphatic carbocycles. The zero-order valence-corrected chi connectivity index (χ0v) is 17.9. The first kappa shape index (κ1) is 21.1. The lowest BCUT2D eigenvalue weighted by Crippen LogP contribution is -2.21. The number of rotatable bonds is 6. The lowest BCUT2D eigenvalue weighted by Gasteiger charge is -2.12. The number of anilines is 2. The van der Waals surface area contributed by atoms with Crippen LogP contribution >= 0.6 is 0 Å². The summed E-state index contributed by atoms with van der Waals surface area (Å²) in [4.78, 5) is 25.3. The predicted molar refractivity (Wildman–Crippen MR) is 127 cm³/mol. The van der Waals surface area contributed by atoms with Gasteiger partial charge in [0.2, 0.25) is 0 Å². The highest BCUT2D eigenvalue weighted by Gasteiger charge is 2.29. The topological polar surface area (TPSA) is 71.0 Å². The molecular weight excluding hydrogens is 402 g/mol. The van der Waals surface area contributed by atoms with Gasteiger partial charge in [-0.15, -0.1) is 0 Å². The van der Waals surface area contributed by atoms with Gasteiger partial charge in [-0.25, -0.2) is 0 Å². The number of nitrogens with one attached hydrogen (secondary N) is 1. The molecule has 0 bridgehead atoms. The van der Waals surface area contributed by atoms with Crippen LogP contribution in [0.25, 0.3) is 6.08 Å². The number of carbonyl (C=O) groups is 2. The lowest BCUT2D eigenvalue weighted by atomic mass is 10.1. The minimum Gasteiger partial charge on any atom is -0.483 e. The maximum Gasteiger partial charge on any atom is 0.280 e. The van der Waals surface area contributed by atoms with Crippen molar-refractivity contribution in [1.82, 2.24) is 0 Å². The van der Waals surface area contributed by atoms with Gasteiger partial charge in [0, 0.05) is 11.3 Å². The van der Waals surface area contributed by atoms with Crippen LogP contribution in [0.4, 0.5) is 11.4 Å². The van der Waals surface area contributed by atoms with Crippen molar-refractivity contribution in [3.63, 3.8) is 0 Å². The molecule has 160 valence electrons. The number of ether oxygens (including phenoxy) is 1. The fourth-order valence-electron chi connectivity index (χ4n) is 3.37. The van der Waals surface area contributed by atoms with Gasteiger partial charge in [0.15, 0.2) is 6.61 Å². The first-order valence-electron chi connectivity index (χ1n) is 10.3. The summed E-state index contributed by atoms with van der Waals surface area (Å²) < 4.78 is 5.76. The Hall–Kier alpha value is -4.19. The normalized spacial score (nSPS) is 14.4. The van der Waals surface area contributed by atoms with E-state index in [0.717, 1.165) is 11.3 Å². The van der Waals surface area contributed by atoms with Crippen molar-refractivity contribution < 1.29 is 14.3 Å². The molecule has 0 aromatic heterocycles. The van der Waals surface area contributed by atoms with Gasteiger partial charge in [-0.2, -0.15) is 10.1 Å². The fourth-order valence-corrected chi connectivity index (χ4v) is 3.37. The second kappa shape index (κ2) is 9.31. The van der Waals surface area contributed by atoms with Crippen molar-refractivity contribution >= 4 is 35.0 Å². The first-order chi connectivity index (χ1) is 15.5. The highest BCUT2D eigenvalue weighted by atomic mass is 16.5. The molecule has 32 heavy (non-hydrogen) atoms. The maximum absolute atomic E-state index is 13.1. The van der Waals surface area contributed by atoms with Crippen molar-refractivity contribution in [1.29, 1.82) is 0 Å². The number of benzene rings is 3. The molecule has 3 aromatic rings. The van der Waals surface area contributed by atoms with Crippen LogP contribution in [0.1, 0.15) is 18.1 Å². The van der Waals surface area contributed by atoms with Gasteiger partial charge < -0.3 is 10.1 Å². The molecule has 0 saturated heterocycles. The minimum atomic E-state index is -0.265. The van der Waals surface area contributed by atoms with Crippen LogP contribution in [0, 0.1) is 6.92 Å². The van der Waals surface area contributed by atoms with Crippen molar-refractivity contribution in [2.45, 2.75) is 13.8 Å². The average Bonchev–Trinajstić information content (AvgIpc) is 3.07. The highest BCUT2D eigenvalue weighted by Crippen LogP contribution is 2.28. The third-order valence-corrected chi connectivity index (χ3v) is 4.94. The number of hydrogen-bond donors (Lipinski definition) is 1. The van der Waals surface area contributed by atoms with E-state index in [1.165, 1.54) is 5.01 Å². The van der Waals surface area contributed by atoms with Crippen LogP contribution in [0.5, 0.6) is 5.75 Å². The van der Waals surface area contributed by atoms with Gasteiger partial charge in [-0.1, -0.05) is 48.5 Å². The van der Waals surface area contributed by atoms with E-state index in [1.807, 2.05) is 79.7 Å². The van der Waals surface area contributed by atoms with Crippen LogP contribution in [0.3, 0.4) is 0 Å². The molecule has 0 fully saturated rings. The van der Waals surface area contributed by atoms with Gasteiger partial charge >= 0.3 is 0 Å². The third kappa shape index (κ3) is 4.75. The Morgan fingerprint density at radius 1 is 1.00 bits per heavy atom. The molecule has 1 aliphatic rings. The summed E-state index contributed by atoms with van der Waals surface area (Å²) in [5, 5.41) is 8.63. The van der Waals surface area contributed by atoms with Crippen molar-refractivity contribution in [3.05, 3.63) is 95.6 Å². The molecule has 0 radical (unpaired) electrons. The van der Waals surface area contributed by atoms with Crippen LogP contribution in [0.2, 0.25) is 0 Å².